The molecule has 0 saturated heterocycles. The minimum atomic E-state index is -4.49. The predicted octanol–water partition coefficient (Wildman–Crippen LogP) is 5.74. The molecular weight excluding hydrogens is 401 g/mol. The Morgan fingerprint density at radius 1 is 1.07 bits per heavy atom. The average Bonchev–Trinajstić information content (AvgIpc) is 2.97. The largest absolute Gasteiger partial charge is 0.418 e. The SMILES string of the molecule is Cc1cc(C(=O)NCCc2ccccc2Cl)c(C)n1-c1ccccc1C(F)(F)F. The summed E-state index contributed by atoms with van der Waals surface area (Å²) in [7, 11) is 0. The Balaban J connectivity index is 1.83. The number of aromatic nitrogens is 1. The van der Waals surface area contributed by atoms with Crippen molar-refractivity contribution in [3.05, 3.63) is 87.7 Å². The Kier molecular flexibility index (Phi) is 6.03. The standard InChI is InChI=1S/C22H20ClF3N2O/c1-14-13-17(21(29)27-12-11-16-7-3-5-9-19(16)23)15(2)28(14)20-10-6-4-8-18(20)22(24,25)26/h3-10,13H,11-12H2,1-2H3,(H,27,29). The number of alkyl halides is 3. The van der Waals surface area contributed by atoms with E-state index >= 15 is 0 Å². The van der Waals surface area contributed by atoms with Gasteiger partial charge in [0, 0.05) is 23.0 Å². The molecule has 152 valence electrons. The van der Waals surface area contributed by atoms with E-state index in [-0.39, 0.29) is 11.6 Å². The Bertz CT molecular complexity index is 1040. The summed E-state index contributed by atoms with van der Waals surface area (Å²) in [5.74, 6) is -0.333. The Hall–Kier alpha value is -2.73. The van der Waals surface area contributed by atoms with Crippen LogP contribution in [0.25, 0.3) is 5.69 Å². The fourth-order valence-electron chi connectivity index (χ4n) is 3.38. The molecule has 0 radical (unpaired) electrons. The molecule has 0 atom stereocenters. The summed E-state index contributed by atoms with van der Waals surface area (Å²) < 4.78 is 41.7. The first-order valence-electron chi connectivity index (χ1n) is 9.07. The van der Waals surface area contributed by atoms with Crippen molar-refractivity contribution in [3.63, 3.8) is 0 Å². The van der Waals surface area contributed by atoms with Gasteiger partial charge in [-0.25, -0.2) is 0 Å². The van der Waals surface area contributed by atoms with Crippen LogP contribution in [-0.4, -0.2) is 17.0 Å². The van der Waals surface area contributed by atoms with Gasteiger partial charge in [0.15, 0.2) is 0 Å². The number of nitrogens with zero attached hydrogens (tertiary/aromatic N) is 1. The molecule has 3 rings (SSSR count). The summed E-state index contributed by atoms with van der Waals surface area (Å²) in [6, 6.07) is 14.3. The molecule has 0 spiro atoms. The summed E-state index contributed by atoms with van der Waals surface area (Å²) in [5, 5.41) is 3.45. The summed E-state index contributed by atoms with van der Waals surface area (Å²) in [6.07, 6.45) is -3.93. The van der Waals surface area contributed by atoms with Crippen LogP contribution < -0.4 is 5.32 Å². The number of hydrogen-bond acceptors (Lipinski definition) is 1. The molecule has 3 aromatic rings. The van der Waals surface area contributed by atoms with E-state index in [1.165, 1.54) is 16.7 Å². The van der Waals surface area contributed by atoms with Gasteiger partial charge in [-0.1, -0.05) is 41.9 Å². The minimum absolute atomic E-state index is 0.00474. The van der Waals surface area contributed by atoms with Crippen molar-refractivity contribution < 1.29 is 18.0 Å². The van der Waals surface area contributed by atoms with E-state index in [1.54, 1.807) is 32.0 Å². The van der Waals surface area contributed by atoms with E-state index in [2.05, 4.69) is 5.32 Å². The van der Waals surface area contributed by atoms with Gasteiger partial charge in [-0.05, 0) is 50.1 Å². The maximum atomic E-state index is 13.4. The molecule has 0 fully saturated rings. The van der Waals surface area contributed by atoms with E-state index < -0.39 is 11.7 Å². The number of carbonyl (C=O) groups excluding carboxylic acids is 1. The van der Waals surface area contributed by atoms with Gasteiger partial charge in [-0.3, -0.25) is 4.79 Å². The minimum Gasteiger partial charge on any atom is -0.352 e. The number of benzene rings is 2. The van der Waals surface area contributed by atoms with Crippen molar-refractivity contribution in [2.75, 3.05) is 6.54 Å². The molecule has 3 nitrogen and oxygen atoms in total. The topological polar surface area (TPSA) is 34.0 Å². The van der Waals surface area contributed by atoms with Gasteiger partial charge < -0.3 is 9.88 Å². The number of aryl methyl sites for hydroxylation is 1. The molecule has 1 N–H and O–H groups in total. The zero-order valence-electron chi connectivity index (χ0n) is 16.0. The highest BCUT2D eigenvalue weighted by Crippen LogP contribution is 2.35. The van der Waals surface area contributed by atoms with Crippen LogP contribution in [0.5, 0.6) is 0 Å². The number of para-hydroxylation sites is 1. The van der Waals surface area contributed by atoms with Crippen LogP contribution in [0.1, 0.15) is 32.9 Å². The number of amides is 1. The molecule has 1 heterocycles. The van der Waals surface area contributed by atoms with Gasteiger partial charge in [0.2, 0.25) is 0 Å². The van der Waals surface area contributed by atoms with Gasteiger partial charge in [-0.2, -0.15) is 13.2 Å². The molecule has 29 heavy (non-hydrogen) atoms. The van der Waals surface area contributed by atoms with Gasteiger partial charge in [-0.15, -0.1) is 0 Å². The van der Waals surface area contributed by atoms with Crippen LogP contribution in [0.2, 0.25) is 5.02 Å². The first-order chi connectivity index (χ1) is 13.7. The van der Waals surface area contributed by atoms with Crippen molar-refractivity contribution in [1.82, 2.24) is 9.88 Å². The van der Waals surface area contributed by atoms with Crippen molar-refractivity contribution in [2.45, 2.75) is 26.4 Å². The summed E-state index contributed by atoms with van der Waals surface area (Å²) in [5.41, 5.74) is 1.53. The lowest BCUT2D eigenvalue weighted by molar-refractivity contribution is -0.137. The molecule has 0 saturated carbocycles. The van der Waals surface area contributed by atoms with Crippen LogP contribution in [-0.2, 0) is 12.6 Å². The predicted molar refractivity (Wildman–Crippen MR) is 108 cm³/mol. The maximum absolute atomic E-state index is 13.4. The lowest BCUT2D eigenvalue weighted by atomic mass is 10.1. The normalized spacial score (nSPS) is 11.5. The summed E-state index contributed by atoms with van der Waals surface area (Å²) in [6.45, 7) is 3.69. The molecule has 1 aromatic heterocycles. The summed E-state index contributed by atoms with van der Waals surface area (Å²) >= 11 is 6.12. The van der Waals surface area contributed by atoms with E-state index in [4.69, 9.17) is 11.6 Å². The Morgan fingerprint density at radius 3 is 2.41 bits per heavy atom. The number of nitrogens with one attached hydrogen (secondary N) is 1. The van der Waals surface area contributed by atoms with E-state index in [0.717, 1.165) is 11.6 Å². The second kappa shape index (κ2) is 8.33. The molecular formula is C22H20ClF3N2O. The van der Waals surface area contributed by atoms with Gasteiger partial charge >= 0.3 is 6.18 Å². The molecule has 0 aliphatic rings. The van der Waals surface area contributed by atoms with Crippen LogP contribution in [0.15, 0.2) is 54.6 Å². The molecule has 0 aliphatic heterocycles. The van der Waals surface area contributed by atoms with Crippen LogP contribution in [0, 0.1) is 13.8 Å². The fraction of sp³-hybridized carbons (Fsp3) is 0.227. The summed E-state index contributed by atoms with van der Waals surface area (Å²) in [4.78, 5) is 12.6. The number of hydrogen-bond donors (Lipinski definition) is 1. The number of halogens is 4. The zero-order chi connectivity index (χ0) is 21.2. The average molecular weight is 421 g/mol. The smallest absolute Gasteiger partial charge is 0.352 e. The molecule has 0 bridgehead atoms. The van der Waals surface area contributed by atoms with Crippen molar-refractivity contribution in [1.29, 1.82) is 0 Å². The molecule has 0 aliphatic carbocycles. The second-order valence-electron chi connectivity index (χ2n) is 6.73. The third-order valence-corrected chi connectivity index (χ3v) is 5.13. The fourth-order valence-corrected chi connectivity index (χ4v) is 3.61. The zero-order valence-corrected chi connectivity index (χ0v) is 16.7. The second-order valence-corrected chi connectivity index (χ2v) is 7.14. The lowest BCUT2D eigenvalue weighted by Gasteiger charge is -2.16. The van der Waals surface area contributed by atoms with Crippen molar-refractivity contribution >= 4 is 17.5 Å². The van der Waals surface area contributed by atoms with Crippen molar-refractivity contribution in [2.24, 2.45) is 0 Å². The van der Waals surface area contributed by atoms with E-state index in [1.807, 2.05) is 18.2 Å². The highest BCUT2D eigenvalue weighted by atomic mass is 35.5. The van der Waals surface area contributed by atoms with Gasteiger partial charge in [0.05, 0.1) is 16.8 Å². The first kappa shape index (κ1) is 21.0. The van der Waals surface area contributed by atoms with Crippen LogP contribution >= 0.6 is 11.6 Å². The maximum Gasteiger partial charge on any atom is 0.418 e. The van der Waals surface area contributed by atoms with Gasteiger partial charge in [0.1, 0.15) is 0 Å². The lowest BCUT2D eigenvalue weighted by Crippen LogP contribution is -2.26. The third kappa shape index (κ3) is 4.48. The number of rotatable bonds is 5. The van der Waals surface area contributed by atoms with Gasteiger partial charge in [0.25, 0.3) is 5.91 Å². The Labute approximate surface area is 172 Å². The van der Waals surface area contributed by atoms with E-state index in [9.17, 15) is 18.0 Å². The first-order valence-corrected chi connectivity index (χ1v) is 9.45. The Morgan fingerprint density at radius 2 is 1.72 bits per heavy atom. The van der Waals surface area contributed by atoms with E-state index in [0.29, 0.717) is 34.9 Å². The monoisotopic (exact) mass is 420 g/mol. The molecule has 0 unspecified atom stereocenters. The van der Waals surface area contributed by atoms with Crippen LogP contribution in [0.4, 0.5) is 13.2 Å². The highest BCUT2D eigenvalue weighted by molar-refractivity contribution is 6.31. The highest BCUT2D eigenvalue weighted by Gasteiger charge is 2.34. The number of carbonyl (C=O) groups is 1. The van der Waals surface area contributed by atoms with Crippen LogP contribution in [0.3, 0.4) is 0 Å². The van der Waals surface area contributed by atoms with Crippen molar-refractivity contribution in [3.8, 4) is 5.69 Å². The molecule has 7 heteroatoms. The molecule has 1 amide bonds. The third-order valence-electron chi connectivity index (χ3n) is 4.76. The quantitative estimate of drug-likeness (QED) is 0.561. The molecule has 2 aromatic carbocycles.